The Morgan fingerprint density at radius 3 is 2.00 bits per heavy atom. The molecule has 0 spiro atoms. The highest BCUT2D eigenvalue weighted by atomic mass is 32.1. The molecule has 2 heteroatoms. The van der Waals surface area contributed by atoms with E-state index in [4.69, 9.17) is 0 Å². The van der Waals surface area contributed by atoms with E-state index in [9.17, 15) is 0 Å². The first-order chi connectivity index (χ1) is 9.84. The molecule has 1 heterocycles. The average molecular weight is 296 g/mol. The van der Waals surface area contributed by atoms with Crippen molar-refractivity contribution in [1.29, 1.82) is 0 Å². The van der Waals surface area contributed by atoms with Gasteiger partial charge >= 0.3 is 0 Å². The van der Waals surface area contributed by atoms with Crippen LogP contribution in [0.2, 0.25) is 0 Å². The zero-order valence-electron chi connectivity index (χ0n) is 13.5. The summed E-state index contributed by atoms with van der Waals surface area (Å²) in [6, 6.07) is 0. The van der Waals surface area contributed by atoms with E-state index in [-0.39, 0.29) is 0 Å². The largest absolute Gasteiger partial charge is 0.313 e. The van der Waals surface area contributed by atoms with E-state index < -0.39 is 0 Å². The highest BCUT2D eigenvalue weighted by Crippen LogP contribution is 2.13. The van der Waals surface area contributed by atoms with Crippen molar-refractivity contribution in [3.63, 3.8) is 0 Å². The fourth-order valence-electron chi connectivity index (χ4n) is 2.53. The first kappa shape index (κ1) is 17.7. The van der Waals surface area contributed by atoms with E-state index in [2.05, 4.69) is 29.9 Å². The molecule has 0 saturated heterocycles. The molecule has 0 aromatic carbocycles. The molecule has 0 aliphatic rings. The lowest BCUT2D eigenvalue weighted by Crippen LogP contribution is -2.14. The molecule has 0 aliphatic carbocycles. The lowest BCUT2D eigenvalue weighted by atomic mass is 10.1. The molecule has 1 rings (SSSR count). The average Bonchev–Trinajstić information content (AvgIpc) is 2.85. The maximum atomic E-state index is 3.56. The van der Waals surface area contributed by atoms with Gasteiger partial charge in [0.2, 0.25) is 0 Å². The predicted octanol–water partition coefficient (Wildman–Crippen LogP) is 6.07. The van der Waals surface area contributed by atoms with Crippen LogP contribution in [0.3, 0.4) is 0 Å². The van der Waals surface area contributed by atoms with Gasteiger partial charge < -0.3 is 5.32 Å². The SMILES string of the molecule is CCCCCCCCCCCCNCc1cscc1C. The highest BCUT2D eigenvalue weighted by Gasteiger charge is 1.98. The monoisotopic (exact) mass is 295 g/mol. The van der Waals surface area contributed by atoms with Gasteiger partial charge in [-0.3, -0.25) is 0 Å². The van der Waals surface area contributed by atoms with Crippen molar-refractivity contribution in [2.75, 3.05) is 6.54 Å². The molecule has 116 valence electrons. The van der Waals surface area contributed by atoms with Crippen LogP contribution in [0.1, 0.15) is 82.3 Å². The Hall–Kier alpha value is -0.340. The minimum absolute atomic E-state index is 1.05. The van der Waals surface area contributed by atoms with E-state index in [0.29, 0.717) is 0 Å². The lowest BCUT2D eigenvalue weighted by Gasteiger charge is -2.05. The van der Waals surface area contributed by atoms with Gasteiger partial charge in [-0.2, -0.15) is 11.3 Å². The zero-order chi connectivity index (χ0) is 14.5. The van der Waals surface area contributed by atoms with Crippen LogP contribution in [0.25, 0.3) is 0 Å². The fraction of sp³-hybridized carbons (Fsp3) is 0.778. The van der Waals surface area contributed by atoms with Gasteiger partial charge in [-0.15, -0.1) is 0 Å². The second-order valence-corrected chi connectivity index (χ2v) is 6.68. The van der Waals surface area contributed by atoms with Crippen LogP contribution in [0, 0.1) is 6.92 Å². The summed E-state index contributed by atoms with van der Waals surface area (Å²) in [6.07, 6.45) is 14.2. The van der Waals surface area contributed by atoms with Crippen LogP contribution in [-0.4, -0.2) is 6.54 Å². The molecule has 0 atom stereocenters. The highest BCUT2D eigenvalue weighted by molar-refractivity contribution is 7.08. The second-order valence-electron chi connectivity index (χ2n) is 5.94. The summed E-state index contributed by atoms with van der Waals surface area (Å²) in [7, 11) is 0. The van der Waals surface area contributed by atoms with E-state index in [1.807, 2.05) is 11.3 Å². The normalized spacial score (nSPS) is 11.1. The molecule has 1 aromatic rings. The van der Waals surface area contributed by atoms with Crippen LogP contribution in [0.5, 0.6) is 0 Å². The third-order valence-corrected chi connectivity index (χ3v) is 4.89. The standard InChI is InChI=1S/C18H33NS/c1-3-4-5-6-7-8-9-10-11-12-13-19-14-18-16-20-15-17(18)2/h15-16,19H,3-14H2,1-2H3. The summed E-state index contributed by atoms with van der Waals surface area (Å²) in [5, 5.41) is 8.06. The van der Waals surface area contributed by atoms with Gasteiger partial charge in [0.1, 0.15) is 0 Å². The molecule has 0 saturated carbocycles. The van der Waals surface area contributed by atoms with Crippen molar-refractivity contribution >= 4 is 11.3 Å². The summed E-state index contributed by atoms with van der Waals surface area (Å²) < 4.78 is 0. The summed E-state index contributed by atoms with van der Waals surface area (Å²) in [4.78, 5) is 0. The molecular formula is C18H33NS. The van der Waals surface area contributed by atoms with Crippen molar-refractivity contribution in [2.45, 2.75) is 84.6 Å². The summed E-state index contributed by atoms with van der Waals surface area (Å²) >= 11 is 1.81. The number of rotatable bonds is 13. The number of thiophene rings is 1. The Labute approximate surface area is 130 Å². The van der Waals surface area contributed by atoms with Crippen LogP contribution < -0.4 is 5.32 Å². The second kappa shape index (κ2) is 12.4. The summed E-state index contributed by atoms with van der Waals surface area (Å²) in [5.41, 5.74) is 2.91. The predicted molar refractivity (Wildman–Crippen MR) is 92.6 cm³/mol. The van der Waals surface area contributed by atoms with E-state index in [1.54, 1.807) is 0 Å². The molecule has 0 aliphatic heterocycles. The number of hydrogen-bond donors (Lipinski definition) is 1. The minimum Gasteiger partial charge on any atom is -0.313 e. The van der Waals surface area contributed by atoms with Gasteiger partial charge in [-0.1, -0.05) is 64.7 Å². The van der Waals surface area contributed by atoms with E-state index in [0.717, 1.165) is 6.54 Å². The smallest absolute Gasteiger partial charge is 0.0216 e. The topological polar surface area (TPSA) is 12.0 Å². The maximum Gasteiger partial charge on any atom is 0.0216 e. The Morgan fingerprint density at radius 2 is 1.45 bits per heavy atom. The molecule has 0 bridgehead atoms. The molecule has 0 amide bonds. The lowest BCUT2D eigenvalue weighted by molar-refractivity contribution is 0.543. The number of aryl methyl sites for hydroxylation is 1. The van der Waals surface area contributed by atoms with Gasteiger partial charge in [0.05, 0.1) is 0 Å². The van der Waals surface area contributed by atoms with Gasteiger partial charge in [0.25, 0.3) is 0 Å². The Morgan fingerprint density at radius 1 is 0.850 bits per heavy atom. The Kier molecular flexibility index (Phi) is 11.0. The Balaban J connectivity index is 1.78. The van der Waals surface area contributed by atoms with Crippen molar-refractivity contribution in [2.24, 2.45) is 0 Å². The molecule has 0 fully saturated rings. The van der Waals surface area contributed by atoms with Crippen molar-refractivity contribution in [1.82, 2.24) is 5.32 Å². The number of nitrogens with one attached hydrogen (secondary N) is 1. The third kappa shape index (κ3) is 8.76. The van der Waals surface area contributed by atoms with E-state index in [1.165, 1.54) is 81.9 Å². The van der Waals surface area contributed by atoms with E-state index >= 15 is 0 Å². The first-order valence-electron chi connectivity index (χ1n) is 8.57. The van der Waals surface area contributed by atoms with Gasteiger partial charge in [0.15, 0.2) is 0 Å². The van der Waals surface area contributed by atoms with Crippen LogP contribution >= 0.6 is 11.3 Å². The maximum absolute atomic E-state index is 3.56. The molecular weight excluding hydrogens is 262 g/mol. The molecule has 1 aromatic heterocycles. The quantitative estimate of drug-likeness (QED) is 0.436. The first-order valence-corrected chi connectivity index (χ1v) is 9.51. The van der Waals surface area contributed by atoms with Crippen LogP contribution in [0.4, 0.5) is 0 Å². The van der Waals surface area contributed by atoms with Crippen LogP contribution in [-0.2, 0) is 6.54 Å². The van der Waals surface area contributed by atoms with Gasteiger partial charge in [0, 0.05) is 6.54 Å². The van der Waals surface area contributed by atoms with Crippen molar-refractivity contribution < 1.29 is 0 Å². The van der Waals surface area contributed by atoms with Crippen molar-refractivity contribution in [3.8, 4) is 0 Å². The van der Waals surface area contributed by atoms with Crippen molar-refractivity contribution in [3.05, 3.63) is 21.9 Å². The number of unbranched alkanes of at least 4 members (excludes halogenated alkanes) is 9. The summed E-state index contributed by atoms with van der Waals surface area (Å²) in [6.45, 7) is 6.71. The third-order valence-electron chi connectivity index (χ3n) is 3.98. The molecule has 1 nitrogen and oxygen atoms in total. The van der Waals surface area contributed by atoms with Crippen LogP contribution in [0.15, 0.2) is 10.8 Å². The Bertz CT molecular complexity index is 319. The molecule has 1 N–H and O–H groups in total. The minimum atomic E-state index is 1.05. The summed E-state index contributed by atoms with van der Waals surface area (Å²) in [5.74, 6) is 0. The molecule has 0 radical (unpaired) electrons. The number of hydrogen-bond acceptors (Lipinski definition) is 2. The fourth-order valence-corrected chi connectivity index (χ4v) is 3.39. The zero-order valence-corrected chi connectivity index (χ0v) is 14.4. The van der Waals surface area contributed by atoms with Gasteiger partial charge in [-0.25, -0.2) is 0 Å². The molecule has 20 heavy (non-hydrogen) atoms. The molecule has 0 unspecified atom stereocenters. The van der Waals surface area contributed by atoms with Gasteiger partial charge in [-0.05, 0) is 41.8 Å².